The van der Waals surface area contributed by atoms with Crippen molar-refractivity contribution in [3.8, 4) is 0 Å². The van der Waals surface area contributed by atoms with Crippen molar-refractivity contribution in [3.63, 3.8) is 0 Å². The lowest BCUT2D eigenvalue weighted by molar-refractivity contribution is 0.790. The molecule has 0 saturated carbocycles. The van der Waals surface area contributed by atoms with Crippen LogP contribution in [0.1, 0.15) is 5.69 Å². The predicted molar refractivity (Wildman–Crippen MR) is 50.6 cm³/mol. The number of hydrogen-bond donors (Lipinski definition) is 2. The number of nitrogens with zero attached hydrogens (tertiary/aromatic N) is 3. The van der Waals surface area contributed by atoms with Crippen molar-refractivity contribution in [2.24, 2.45) is 4.99 Å². The molecule has 1 aliphatic rings. The fourth-order valence-electron chi connectivity index (χ4n) is 0.970. The summed E-state index contributed by atoms with van der Waals surface area (Å²) in [5.74, 6) is 0.444. The number of hydrogen-bond acceptors (Lipinski definition) is 4. The normalized spacial score (nSPS) is 12.6. The average molecular weight is 193 g/mol. The van der Waals surface area contributed by atoms with E-state index in [4.69, 9.17) is 0 Å². The van der Waals surface area contributed by atoms with E-state index in [1.165, 1.54) is 0 Å². The summed E-state index contributed by atoms with van der Waals surface area (Å²) in [7, 11) is 0. The zero-order valence-corrected chi connectivity index (χ0v) is 7.45. The van der Waals surface area contributed by atoms with Crippen molar-refractivity contribution in [3.05, 3.63) is 23.9 Å². The third kappa shape index (κ3) is 1.85. The molecular weight excluding hydrogens is 185 g/mol. The first-order chi connectivity index (χ1) is 6.74. The van der Waals surface area contributed by atoms with Gasteiger partial charge in [-0.25, -0.2) is 0 Å². The number of halogens is 1. The fraction of sp³-hybridized carbons (Fsp3) is 0.125. The molecule has 0 aromatic carbocycles. The molecule has 0 aliphatic carbocycles. The maximum atomic E-state index is 12.8. The Morgan fingerprint density at radius 3 is 3.07 bits per heavy atom. The van der Waals surface area contributed by atoms with Crippen LogP contribution < -0.4 is 5.32 Å². The molecule has 1 aromatic rings. The van der Waals surface area contributed by atoms with Crippen molar-refractivity contribution in [2.75, 3.05) is 5.32 Å². The number of aliphatic imine (C=N–C) groups is 1. The zero-order valence-electron chi connectivity index (χ0n) is 7.45. The number of nitrogens with one attached hydrogen (secondary N) is 2. The highest BCUT2D eigenvalue weighted by Crippen LogP contribution is 2.11. The van der Waals surface area contributed by atoms with Crippen molar-refractivity contribution in [1.82, 2.24) is 15.2 Å². The molecule has 2 rings (SSSR count). The van der Waals surface area contributed by atoms with Gasteiger partial charge in [0.25, 0.3) is 12.0 Å². The molecule has 2 N–H and O–H groups in total. The van der Waals surface area contributed by atoms with Crippen molar-refractivity contribution < 1.29 is 4.39 Å². The minimum atomic E-state index is -0.709. The van der Waals surface area contributed by atoms with Crippen LogP contribution in [0.3, 0.4) is 0 Å². The summed E-state index contributed by atoms with van der Waals surface area (Å²) < 4.78 is 12.8. The number of H-pyrrole nitrogens is 1. The van der Waals surface area contributed by atoms with E-state index >= 15 is 0 Å². The van der Waals surface area contributed by atoms with Crippen LogP contribution in [0.25, 0.3) is 0 Å². The third-order valence-corrected chi connectivity index (χ3v) is 1.58. The van der Waals surface area contributed by atoms with E-state index in [0.717, 1.165) is 5.69 Å². The van der Waals surface area contributed by atoms with Crippen LogP contribution in [0.4, 0.5) is 16.2 Å². The van der Waals surface area contributed by atoms with E-state index in [0.29, 0.717) is 5.82 Å². The standard InChI is InChI=1S/C8H8FN5/c1-5-3-2-4-6-10-7(9)12-8(11-6)14-13-5/h2-4,13H,1H3,(H,10,11,12,14). The van der Waals surface area contributed by atoms with Crippen LogP contribution in [0.15, 0.2) is 23.2 Å². The molecule has 0 unspecified atom stereocenters. The topological polar surface area (TPSA) is 66.0 Å². The van der Waals surface area contributed by atoms with Crippen LogP contribution in [0, 0.1) is 6.92 Å². The van der Waals surface area contributed by atoms with Crippen molar-refractivity contribution in [1.29, 1.82) is 0 Å². The molecular formula is C8H8FN5. The second kappa shape index (κ2) is 3.41. The summed E-state index contributed by atoms with van der Waals surface area (Å²) in [5, 5.41) is 8.85. The van der Waals surface area contributed by atoms with Crippen LogP contribution in [0.5, 0.6) is 0 Å². The SMILES string of the molecule is Cc1cccc2nc(n[nH]1)N=C(F)N2. The van der Waals surface area contributed by atoms with Crippen molar-refractivity contribution in [2.45, 2.75) is 6.92 Å². The molecule has 5 nitrogen and oxygen atoms in total. The van der Waals surface area contributed by atoms with Crippen LogP contribution in [-0.4, -0.2) is 21.3 Å². The number of rotatable bonds is 0. The summed E-state index contributed by atoms with van der Waals surface area (Å²) in [5.41, 5.74) is 0.827. The average Bonchev–Trinajstić information content (AvgIpc) is 2.18. The van der Waals surface area contributed by atoms with Gasteiger partial charge in [-0.15, -0.1) is 5.10 Å². The highest BCUT2D eigenvalue weighted by Gasteiger charge is 2.06. The molecule has 6 heteroatoms. The molecule has 0 radical (unpaired) electrons. The first-order valence-corrected chi connectivity index (χ1v) is 4.02. The van der Waals surface area contributed by atoms with E-state index in [1.54, 1.807) is 18.2 Å². The molecule has 1 aromatic heterocycles. The van der Waals surface area contributed by atoms with Gasteiger partial charge < -0.3 is 5.32 Å². The van der Waals surface area contributed by atoms with Gasteiger partial charge in [-0.1, -0.05) is 6.07 Å². The quantitative estimate of drug-likeness (QED) is 0.615. The molecule has 0 spiro atoms. The number of aromatic nitrogens is 3. The van der Waals surface area contributed by atoms with Gasteiger partial charge in [0.15, 0.2) is 0 Å². The highest BCUT2D eigenvalue weighted by molar-refractivity contribution is 5.89. The molecule has 14 heavy (non-hydrogen) atoms. The number of aryl methyl sites for hydroxylation is 1. The molecule has 2 bridgehead atoms. The Kier molecular flexibility index (Phi) is 2.10. The predicted octanol–water partition coefficient (Wildman–Crippen LogP) is 1.62. The zero-order chi connectivity index (χ0) is 9.97. The van der Waals surface area contributed by atoms with Gasteiger partial charge in [-0.3, -0.25) is 5.10 Å². The van der Waals surface area contributed by atoms with E-state index in [1.807, 2.05) is 6.92 Å². The Morgan fingerprint density at radius 1 is 1.36 bits per heavy atom. The van der Waals surface area contributed by atoms with Crippen LogP contribution in [0.2, 0.25) is 0 Å². The van der Waals surface area contributed by atoms with Gasteiger partial charge in [0.2, 0.25) is 0 Å². The molecule has 72 valence electrons. The Labute approximate surface area is 79.4 Å². The van der Waals surface area contributed by atoms with Gasteiger partial charge in [-0.05, 0) is 19.1 Å². The van der Waals surface area contributed by atoms with Gasteiger partial charge >= 0.3 is 0 Å². The lowest BCUT2D eigenvalue weighted by atomic mass is 10.4. The molecule has 2 heterocycles. The lowest BCUT2D eigenvalue weighted by Crippen LogP contribution is -2.09. The third-order valence-electron chi connectivity index (χ3n) is 1.58. The smallest absolute Gasteiger partial charge is 0.291 e. The number of amidine groups is 1. The number of anilines is 1. The first kappa shape index (κ1) is 8.61. The van der Waals surface area contributed by atoms with Crippen LogP contribution >= 0.6 is 0 Å². The summed E-state index contributed by atoms with van der Waals surface area (Å²) in [6.45, 7) is 1.84. The molecule has 0 saturated heterocycles. The van der Waals surface area contributed by atoms with Gasteiger partial charge in [0, 0.05) is 5.69 Å². The molecule has 0 atom stereocenters. The molecule has 0 fully saturated rings. The maximum absolute atomic E-state index is 12.8. The van der Waals surface area contributed by atoms with E-state index in [2.05, 4.69) is 25.5 Å². The Bertz CT molecular complexity index is 435. The van der Waals surface area contributed by atoms with Gasteiger partial charge in [0.1, 0.15) is 5.82 Å². The minimum absolute atomic E-state index is 0.0653. The fourth-order valence-corrected chi connectivity index (χ4v) is 0.970. The van der Waals surface area contributed by atoms with E-state index in [9.17, 15) is 4.39 Å². The first-order valence-electron chi connectivity index (χ1n) is 4.02. The largest absolute Gasteiger partial charge is 0.300 e. The number of fused-ring (bicyclic) bond motifs is 2. The second-order valence-corrected chi connectivity index (χ2v) is 2.76. The Balaban J connectivity index is 2.64. The van der Waals surface area contributed by atoms with Crippen molar-refractivity contribution >= 4 is 17.9 Å². The maximum Gasteiger partial charge on any atom is 0.291 e. The molecule has 1 aliphatic heterocycles. The Morgan fingerprint density at radius 2 is 2.21 bits per heavy atom. The number of aromatic amines is 1. The van der Waals surface area contributed by atoms with Gasteiger partial charge in [-0.2, -0.15) is 14.4 Å². The van der Waals surface area contributed by atoms with Crippen LogP contribution in [-0.2, 0) is 0 Å². The summed E-state index contributed by atoms with van der Waals surface area (Å²) in [6, 6.07) is 5.18. The second-order valence-electron chi connectivity index (χ2n) is 2.76. The summed E-state index contributed by atoms with van der Waals surface area (Å²) in [6.07, 6.45) is -0.709. The van der Waals surface area contributed by atoms with E-state index < -0.39 is 6.09 Å². The minimum Gasteiger partial charge on any atom is -0.300 e. The Hall–Kier alpha value is -1.98. The lowest BCUT2D eigenvalue weighted by Gasteiger charge is -2.03. The summed E-state index contributed by atoms with van der Waals surface area (Å²) >= 11 is 0. The summed E-state index contributed by atoms with van der Waals surface area (Å²) in [4.78, 5) is 7.39. The monoisotopic (exact) mass is 193 g/mol. The highest BCUT2D eigenvalue weighted by atomic mass is 19.1. The van der Waals surface area contributed by atoms with E-state index in [-0.39, 0.29) is 5.95 Å². The van der Waals surface area contributed by atoms with Gasteiger partial charge in [0.05, 0.1) is 0 Å². The molecule has 0 amide bonds.